The van der Waals surface area contributed by atoms with Gasteiger partial charge in [-0.2, -0.15) is 0 Å². The van der Waals surface area contributed by atoms with Crippen LogP contribution in [0.4, 0.5) is 4.39 Å². The molecule has 0 spiro atoms. The lowest BCUT2D eigenvalue weighted by Crippen LogP contribution is -2.58. The van der Waals surface area contributed by atoms with Crippen LogP contribution in [0.1, 0.15) is 90.6 Å². The first-order valence-corrected chi connectivity index (χ1v) is 21.8. The molecule has 0 unspecified atom stereocenters. The number of thiophene rings is 1. The first kappa shape index (κ1) is 39.6. The number of aromatic nitrogens is 1. The van der Waals surface area contributed by atoms with Crippen molar-refractivity contribution in [3.8, 4) is 5.75 Å². The van der Waals surface area contributed by atoms with E-state index in [2.05, 4.69) is 15.4 Å². The van der Waals surface area contributed by atoms with Crippen molar-refractivity contribution >= 4 is 52.6 Å². The van der Waals surface area contributed by atoms with Crippen molar-refractivity contribution in [3.05, 3.63) is 94.6 Å². The van der Waals surface area contributed by atoms with Crippen molar-refractivity contribution in [1.29, 1.82) is 0 Å². The zero-order valence-corrected chi connectivity index (χ0v) is 33.4. The molecule has 2 aromatic heterocycles. The number of hydrogen-bond donors (Lipinski definition) is 2. The van der Waals surface area contributed by atoms with E-state index in [1.165, 1.54) is 30.4 Å². The average molecular weight is 804 g/mol. The van der Waals surface area contributed by atoms with Crippen LogP contribution in [-0.2, 0) is 23.7 Å². The van der Waals surface area contributed by atoms with Crippen molar-refractivity contribution in [2.45, 2.75) is 95.3 Å². The minimum absolute atomic E-state index is 0.0296. The number of amides is 3. The quantitative estimate of drug-likeness (QED) is 0.107. The number of carbonyl (C=O) groups excluding carboxylic acids is 4. The number of nitrogens with one attached hydrogen (secondary N) is 2. The number of alkyl halides is 1. The molecular weight excluding hydrogens is 757 g/mol. The summed E-state index contributed by atoms with van der Waals surface area (Å²) in [6.07, 6.45) is 7.51. The summed E-state index contributed by atoms with van der Waals surface area (Å²) in [7, 11) is -4.43. The lowest BCUT2D eigenvalue weighted by atomic mass is 9.89. The molecule has 2 N–H and O–H groups in total. The molecule has 0 bridgehead atoms. The lowest BCUT2D eigenvalue weighted by Gasteiger charge is -2.43. The number of carbonyl (C=O) groups is 4. The minimum atomic E-state index is -4.43. The van der Waals surface area contributed by atoms with Gasteiger partial charge in [0.2, 0.25) is 17.7 Å². The Labute approximate surface area is 329 Å². The largest absolute Gasteiger partial charge is 0.465 e. The summed E-state index contributed by atoms with van der Waals surface area (Å²) < 4.78 is 42.3. The number of likely N-dealkylation sites (tertiary alicyclic amines) is 1. The van der Waals surface area contributed by atoms with Crippen molar-refractivity contribution in [1.82, 2.24) is 25.2 Å². The molecule has 3 amide bonds. The van der Waals surface area contributed by atoms with Crippen LogP contribution in [0.15, 0.2) is 73.1 Å². The fourth-order valence-electron chi connectivity index (χ4n) is 7.88. The smallest absolute Gasteiger partial charge is 0.355 e. The number of hydrogen-bond acceptors (Lipinski definition) is 9. The van der Waals surface area contributed by atoms with Crippen molar-refractivity contribution in [2.75, 3.05) is 19.7 Å². The standard InChI is InChI=1S/C41H47FN5O7PS/c1-4-19-53-41(51)26(3)45-55(52,54-31-10-6-5-7-11-31)37(42)27-13-16-35-28(20-27)21-36(56-35)38(48)44-33-12-8-9-30-14-15-34(47(30)39(33)49)40(50)46-23-29(24-46)32-22-43-18-17-25(32)2/h5-7,10-11,13,16-18,20-22,26,29-30,33-34,37H,4,8-9,12,14-15,19,23-24H2,1-3H3,(H,44,48)(H,45,52)/t26-,30-,33-,34-,37-,55-/m0/s1. The van der Waals surface area contributed by atoms with Gasteiger partial charge in [0.25, 0.3) is 5.91 Å². The second-order valence-electron chi connectivity index (χ2n) is 14.9. The molecule has 15 heteroatoms. The van der Waals surface area contributed by atoms with Crippen LogP contribution in [0.25, 0.3) is 10.1 Å². The van der Waals surface area contributed by atoms with Crippen LogP contribution in [0, 0.1) is 6.92 Å². The Morgan fingerprint density at radius 3 is 2.59 bits per heavy atom. The Balaban J connectivity index is 1.04. The molecule has 3 aliphatic heterocycles. The van der Waals surface area contributed by atoms with Crippen molar-refractivity contribution in [3.63, 3.8) is 0 Å². The summed E-state index contributed by atoms with van der Waals surface area (Å²) in [5.41, 5.74) is 2.32. The highest BCUT2D eigenvalue weighted by Crippen LogP contribution is 2.58. The third-order valence-electron chi connectivity index (χ3n) is 10.9. The summed E-state index contributed by atoms with van der Waals surface area (Å²) in [4.78, 5) is 62.2. The summed E-state index contributed by atoms with van der Waals surface area (Å²) in [6, 6.07) is 13.8. The number of rotatable bonds is 13. The van der Waals surface area contributed by atoms with Gasteiger partial charge in [-0.1, -0.05) is 31.2 Å². The van der Waals surface area contributed by atoms with Gasteiger partial charge < -0.3 is 24.4 Å². The highest BCUT2D eigenvalue weighted by atomic mass is 32.1. The van der Waals surface area contributed by atoms with Gasteiger partial charge in [-0.15, -0.1) is 11.3 Å². The zero-order valence-electron chi connectivity index (χ0n) is 31.7. The third kappa shape index (κ3) is 8.24. The van der Waals surface area contributed by atoms with E-state index in [-0.39, 0.29) is 41.7 Å². The van der Waals surface area contributed by atoms with E-state index in [1.807, 2.05) is 31.0 Å². The number of aryl methyl sites for hydroxylation is 1. The Hall–Kier alpha value is -4.65. The Morgan fingerprint density at radius 2 is 1.84 bits per heavy atom. The fourth-order valence-corrected chi connectivity index (χ4v) is 10.7. The Morgan fingerprint density at radius 1 is 1.05 bits per heavy atom. The lowest BCUT2D eigenvalue weighted by molar-refractivity contribution is -0.148. The predicted molar refractivity (Wildman–Crippen MR) is 211 cm³/mol. The molecule has 3 aliphatic rings. The molecular formula is C41H47FN5O7PS. The number of pyridine rings is 1. The molecule has 5 heterocycles. The fraction of sp³-hybridized carbons (Fsp3) is 0.439. The molecule has 12 nitrogen and oxygen atoms in total. The van der Waals surface area contributed by atoms with Crippen molar-refractivity contribution < 1.29 is 37.4 Å². The van der Waals surface area contributed by atoms with Crippen molar-refractivity contribution in [2.24, 2.45) is 0 Å². The van der Waals surface area contributed by atoms with Gasteiger partial charge in [0.05, 0.1) is 11.5 Å². The Kier molecular flexibility index (Phi) is 11.9. The molecule has 296 valence electrons. The van der Waals surface area contributed by atoms with Gasteiger partial charge in [0, 0.05) is 42.1 Å². The summed E-state index contributed by atoms with van der Waals surface area (Å²) in [5, 5.41) is 6.06. The normalized spacial score (nSPS) is 22.0. The second-order valence-corrected chi connectivity index (χ2v) is 18.1. The molecule has 6 atom stereocenters. The first-order chi connectivity index (χ1) is 27.0. The van der Waals surface area contributed by atoms with Crippen LogP contribution in [0.5, 0.6) is 5.75 Å². The molecule has 2 aromatic carbocycles. The van der Waals surface area contributed by atoms with E-state index in [9.17, 15) is 23.7 Å². The topological polar surface area (TPSA) is 147 Å². The second kappa shape index (κ2) is 16.8. The van der Waals surface area contributed by atoms with E-state index in [4.69, 9.17) is 9.26 Å². The van der Waals surface area contributed by atoms with E-state index in [0.29, 0.717) is 47.3 Å². The number of nitrogens with zero attached hydrogens (tertiary/aromatic N) is 3. The SMILES string of the molecule is CCCOC(=O)[C@H](C)N[P@@](=O)(Oc1ccccc1)[C@H](F)c1ccc2sc(C(=O)N[C@H]3CCC[C@H]4CC[C@@H](C(=O)N5CC(c6cnccc6C)C5)N4C3=O)cc2c1. The number of para-hydroxylation sites is 1. The number of benzene rings is 2. The zero-order chi connectivity index (χ0) is 39.6. The summed E-state index contributed by atoms with van der Waals surface area (Å²) in [5.74, 6) is -3.22. The predicted octanol–water partition coefficient (Wildman–Crippen LogP) is 7.04. The molecule has 56 heavy (non-hydrogen) atoms. The minimum Gasteiger partial charge on any atom is -0.465 e. The van der Waals surface area contributed by atoms with E-state index in [0.717, 1.165) is 30.4 Å². The highest BCUT2D eigenvalue weighted by Gasteiger charge is 2.48. The van der Waals surface area contributed by atoms with Gasteiger partial charge in [-0.05, 0) is 111 Å². The first-order valence-electron chi connectivity index (χ1n) is 19.2. The van der Waals surface area contributed by atoms with Crippen LogP contribution in [0.2, 0.25) is 0 Å². The molecule has 0 saturated carbocycles. The number of halogens is 1. The molecule has 3 fully saturated rings. The molecule has 3 saturated heterocycles. The molecule has 0 aliphatic carbocycles. The summed E-state index contributed by atoms with van der Waals surface area (Å²) in [6.45, 7) is 6.67. The van der Waals surface area contributed by atoms with E-state index in [1.54, 1.807) is 53.6 Å². The molecule has 4 aromatic rings. The highest BCUT2D eigenvalue weighted by molar-refractivity contribution is 7.57. The van der Waals surface area contributed by atoms with Crippen LogP contribution < -0.4 is 14.9 Å². The monoisotopic (exact) mass is 803 g/mol. The average Bonchev–Trinajstić information content (AvgIpc) is 3.77. The summed E-state index contributed by atoms with van der Waals surface area (Å²) >= 11 is 1.19. The van der Waals surface area contributed by atoms with Gasteiger partial charge in [0.1, 0.15) is 23.9 Å². The Bertz CT molecular complexity index is 2150. The molecule has 7 rings (SSSR count). The molecule has 0 radical (unpaired) electrons. The van der Waals surface area contributed by atoms with Gasteiger partial charge in [-0.25, -0.2) is 9.48 Å². The maximum atomic E-state index is 16.5. The van der Waals surface area contributed by atoms with E-state index < -0.39 is 43.4 Å². The maximum absolute atomic E-state index is 16.5. The van der Waals surface area contributed by atoms with Crippen LogP contribution >= 0.6 is 18.9 Å². The number of ether oxygens (including phenoxy) is 1. The maximum Gasteiger partial charge on any atom is 0.355 e. The van der Waals surface area contributed by atoms with Crippen LogP contribution in [-0.4, -0.2) is 82.3 Å². The van der Waals surface area contributed by atoms with E-state index >= 15 is 4.39 Å². The van der Waals surface area contributed by atoms with Gasteiger partial charge in [-0.3, -0.25) is 28.7 Å². The van der Waals surface area contributed by atoms with Crippen LogP contribution in [0.3, 0.4) is 0 Å². The number of fused-ring (bicyclic) bond motifs is 2. The van der Waals surface area contributed by atoms with Gasteiger partial charge in [0.15, 0.2) is 0 Å². The number of esters is 1. The van der Waals surface area contributed by atoms with Gasteiger partial charge >= 0.3 is 13.5 Å². The third-order valence-corrected chi connectivity index (χ3v) is 14.1.